The summed E-state index contributed by atoms with van der Waals surface area (Å²) in [6.07, 6.45) is 3.22. The lowest BCUT2D eigenvalue weighted by molar-refractivity contribution is 0.0688. The molecular formula is C17H16N2O2. The van der Waals surface area contributed by atoms with E-state index in [2.05, 4.69) is 4.98 Å². The van der Waals surface area contributed by atoms with Gasteiger partial charge >= 0.3 is 5.97 Å². The minimum atomic E-state index is -0.934. The van der Waals surface area contributed by atoms with Gasteiger partial charge in [0.1, 0.15) is 5.65 Å². The average molecular weight is 280 g/mol. The monoisotopic (exact) mass is 280 g/mol. The highest BCUT2D eigenvalue weighted by atomic mass is 16.4. The third kappa shape index (κ3) is 2.65. The van der Waals surface area contributed by atoms with Crippen molar-refractivity contribution in [3.8, 4) is 0 Å². The van der Waals surface area contributed by atoms with Crippen molar-refractivity contribution in [1.82, 2.24) is 9.38 Å². The Bertz CT molecular complexity index is 791. The standard InChI is InChI=1S/C17H16N2O2/c1-12-7-10-15-18-14(16(17(20)21)19(15)11-12)9-8-13-5-3-2-4-6-13/h2-7,10-11H,8-9H2,1H3,(H,20,21). The van der Waals surface area contributed by atoms with Gasteiger partial charge in [-0.25, -0.2) is 9.78 Å². The third-order valence-corrected chi connectivity index (χ3v) is 3.53. The molecule has 4 heteroatoms. The SMILES string of the molecule is Cc1ccc2nc(CCc3ccccc3)c(C(=O)O)n2c1. The molecule has 0 saturated heterocycles. The number of aromatic carboxylic acids is 1. The van der Waals surface area contributed by atoms with E-state index in [1.807, 2.05) is 55.6 Å². The Morgan fingerprint density at radius 3 is 2.62 bits per heavy atom. The number of aryl methyl sites for hydroxylation is 3. The Labute approximate surface area is 122 Å². The number of fused-ring (bicyclic) bond motifs is 1. The van der Waals surface area contributed by atoms with Crippen LogP contribution < -0.4 is 0 Å². The maximum absolute atomic E-state index is 11.6. The molecule has 1 N–H and O–H groups in total. The Hall–Kier alpha value is -2.62. The van der Waals surface area contributed by atoms with Crippen molar-refractivity contribution in [3.05, 3.63) is 71.2 Å². The van der Waals surface area contributed by atoms with Gasteiger partial charge in [0.05, 0.1) is 5.69 Å². The second kappa shape index (κ2) is 5.40. The van der Waals surface area contributed by atoms with Crippen LogP contribution in [0.2, 0.25) is 0 Å². The molecule has 0 aliphatic carbocycles. The van der Waals surface area contributed by atoms with Gasteiger partial charge < -0.3 is 5.11 Å². The van der Waals surface area contributed by atoms with E-state index < -0.39 is 5.97 Å². The molecular weight excluding hydrogens is 264 g/mol. The first-order chi connectivity index (χ1) is 10.1. The van der Waals surface area contributed by atoms with Gasteiger partial charge in [-0.15, -0.1) is 0 Å². The van der Waals surface area contributed by atoms with Gasteiger partial charge in [0.25, 0.3) is 0 Å². The lowest BCUT2D eigenvalue weighted by Crippen LogP contribution is -2.06. The summed E-state index contributed by atoms with van der Waals surface area (Å²) in [6, 6.07) is 13.8. The highest BCUT2D eigenvalue weighted by Crippen LogP contribution is 2.16. The minimum Gasteiger partial charge on any atom is -0.477 e. The number of rotatable bonds is 4. The van der Waals surface area contributed by atoms with Crippen LogP contribution in [0.15, 0.2) is 48.7 Å². The summed E-state index contributed by atoms with van der Waals surface area (Å²) in [6.45, 7) is 1.94. The van der Waals surface area contributed by atoms with Crippen LogP contribution in [-0.4, -0.2) is 20.5 Å². The van der Waals surface area contributed by atoms with E-state index in [-0.39, 0.29) is 5.69 Å². The van der Waals surface area contributed by atoms with E-state index in [0.717, 1.165) is 12.0 Å². The highest BCUT2D eigenvalue weighted by Gasteiger charge is 2.18. The Morgan fingerprint density at radius 1 is 1.14 bits per heavy atom. The maximum atomic E-state index is 11.6. The van der Waals surface area contributed by atoms with Crippen molar-refractivity contribution < 1.29 is 9.90 Å². The number of carboxylic acid groups (broad SMARTS) is 1. The van der Waals surface area contributed by atoms with Gasteiger partial charge in [0.15, 0.2) is 5.69 Å². The molecule has 1 aromatic carbocycles. The molecule has 106 valence electrons. The van der Waals surface area contributed by atoms with Gasteiger partial charge in [0.2, 0.25) is 0 Å². The lowest BCUT2D eigenvalue weighted by Gasteiger charge is -2.02. The number of nitrogens with zero attached hydrogens (tertiary/aromatic N) is 2. The molecule has 2 aromatic heterocycles. The second-order valence-corrected chi connectivity index (χ2v) is 5.13. The van der Waals surface area contributed by atoms with Crippen molar-refractivity contribution in [3.63, 3.8) is 0 Å². The fourth-order valence-electron chi connectivity index (χ4n) is 2.51. The second-order valence-electron chi connectivity index (χ2n) is 5.13. The molecule has 2 heterocycles. The van der Waals surface area contributed by atoms with Crippen LogP contribution in [0.25, 0.3) is 5.65 Å². The average Bonchev–Trinajstić information content (AvgIpc) is 2.84. The van der Waals surface area contributed by atoms with Crippen LogP contribution in [0.3, 0.4) is 0 Å². The number of aromatic nitrogens is 2. The molecule has 0 spiro atoms. The van der Waals surface area contributed by atoms with Crippen LogP contribution in [0.4, 0.5) is 0 Å². The molecule has 3 aromatic rings. The Morgan fingerprint density at radius 2 is 1.90 bits per heavy atom. The topological polar surface area (TPSA) is 54.6 Å². The molecule has 0 saturated carbocycles. The van der Waals surface area contributed by atoms with E-state index in [9.17, 15) is 9.90 Å². The molecule has 0 fully saturated rings. The lowest BCUT2D eigenvalue weighted by atomic mass is 10.1. The van der Waals surface area contributed by atoms with Crippen molar-refractivity contribution in [2.45, 2.75) is 19.8 Å². The Balaban J connectivity index is 1.98. The first-order valence-corrected chi connectivity index (χ1v) is 6.90. The van der Waals surface area contributed by atoms with Gasteiger partial charge in [-0.2, -0.15) is 0 Å². The van der Waals surface area contributed by atoms with Gasteiger partial charge in [-0.05, 0) is 37.0 Å². The van der Waals surface area contributed by atoms with E-state index in [4.69, 9.17) is 0 Å². The molecule has 0 aliphatic rings. The summed E-state index contributed by atoms with van der Waals surface area (Å²) < 4.78 is 1.66. The fraction of sp³-hybridized carbons (Fsp3) is 0.176. The largest absolute Gasteiger partial charge is 0.477 e. The predicted octanol–water partition coefficient (Wildman–Crippen LogP) is 3.13. The normalized spacial score (nSPS) is 10.9. The smallest absolute Gasteiger partial charge is 0.354 e. The molecule has 0 radical (unpaired) electrons. The maximum Gasteiger partial charge on any atom is 0.354 e. The molecule has 0 amide bonds. The number of carbonyl (C=O) groups is 1. The number of pyridine rings is 1. The molecule has 3 rings (SSSR count). The van der Waals surface area contributed by atoms with Crippen LogP contribution >= 0.6 is 0 Å². The number of imidazole rings is 1. The van der Waals surface area contributed by atoms with E-state index in [1.165, 1.54) is 5.56 Å². The van der Waals surface area contributed by atoms with E-state index in [0.29, 0.717) is 17.8 Å². The van der Waals surface area contributed by atoms with Crippen LogP contribution in [0.1, 0.15) is 27.3 Å². The molecule has 4 nitrogen and oxygen atoms in total. The summed E-state index contributed by atoms with van der Waals surface area (Å²) in [7, 11) is 0. The number of hydrogen-bond acceptors (Lipinski definition) is 2. The summed E-state index contributed by atoms with van der Waals surface area (Å²) >= 11 is 0. The van der Waals surface area contributed by atoms with Crippen molar-refractivity contribution in [2.75, 3.05) is 0 Å². The molecule has 21 heavy (non-hydrogen) atoms. The minimum absolute atomic E-state index is 0.268. The number of hydrogen-bond donors (Lipinski definition) is 1. The fourth-order valence-corrected chi connectivity index (χ4v) is 2.51. The third-order valence-electron chi connectivity index (χ3n) is 3.53. The van der Waals surface area contributed by atoms with E-state index >= 15 is 0 Å². The Kier molecular flexibility index (Phi) is 3.44. The number of benzene rings is 1. The summed E-state index contributed by atoms with van der Waals surface area (Å²) in [5, 5.41) is 9.48. The van der Waals surface area contributed by atoms with Crippen molar-refractivity contribution >= 4 is 11.6 Å². The zero-order valence-electron chi connectivity index (χ0n) is 11.8. The molecule has 0 aliphatic heterocycles. The van der Waals surface area contributed by atoms with Gasteiger partial charge in [-0.1, -0.05) is 36.4 Å². The van der Waals surface area contributed by atoms with E-state index in [1.54, 1.807) is 4.40 Å². The van der Waals surface area contributed by atoms with Crippen molar-refractivity contribution in [1.29, 1.82) is 0 Å². The predicted molar refractivity (Wildman–Crippen MR) is 80.7 cm³/mol. The van der Waals surface area contributed by atoms with Crippen LogP contribution in [-0.2, 0) is 12.8 Å². The first-order valence-electron chi connectivity index (χ1n) is 6.90. The van der Waals surface area contributed by atoms with Crippen LogP contribution in [0.5, 0.6) is 0 Å². The quantitative estimate of drug-likeness (QED) is 0.799. The highest BCUT2D eigenvalue weighted by molar-refractivity contribution is 5.88. The zero-order valence-corrected chi connectivity index (χ0v) is 11.8. The first kappa shape index (κ1) is 13.4. The molecule has 0 atom stereocenters. The summed E-state index contributed by atoms with van der Waals surface area (Å²) in [5.41, 5.74) is 3.78. The molecule has 0 bridgehead atoms. The van der Waals surface area contributed by atoms with Crippen molar-refractivity contribution in [2.24, 2.45) is 0 Å². The van der Waals surface area contributed by atoms with Crippen LogP contribution in [0, 0.1) is 6.92 Å². The van der Waals surface area contributed by atoms with Gasteiger partial charge in [0, 0.05) is 6.20 Å². The summed E-state index contributed by atoms with van der Waals surface area (Å²) in [5.74, 6) is -0.934. The zero-order chi connectivity index (χ0) is 14.8. The number of carboxylic acids is 1. The summed E-state index contributed by atoms with van der Waals surface area (Å²) in [4.78, 5) is 16.0. The van der Waals surface area contributed by atoms with Gasteiger partial charge in [-0.3, -0.25) is 4.40 Å². The molecule has 0 unspecified atom stereocenters.